The topological polar surface area (TPSA) is 84.6 Å². The van der Waals surface area contributed by atoms with Crippen molar-refractivity contribution < 1.29 is 14.7 Å². The van der Waals surface area contributed by atoms with E-state index in [2.05, 4.69) is 0 Å². The van der Waals surface area contributed by atoms with Crippen LogP contribution in [0.2, 0.25) is 0 Å². The van der Waals surface area contributed by atoms with E-state index in [4.69, 9.17) is 15.7 Å². The summed E-state index contributed by atoms with van der Waals surface area (Å²) in [6, 6.07) is 7.09. The predicted octanol–water partition coefficient (Wildman–Crippen LogP) is 1.96. The van der Waals surface area contributed by atoms with E-state index in [0.717, 1.165) is 0 Å². The second-order valence-electron chi connectivity index (χ2n) is 5.01. The summed E-state index contributed by atoms with van der Waals surface area (Å²) in [6.07, 6.45) is 0.490. The molecule has 0 fully saturated rings. The minimum absolute atomic E-state index is 0.334. The molecule has 0 saturated carbocycles. The van der Waals surface area contributed by atoms with Gasteiger partial charge in [0.25, 0.3) is 0 Å². The molecule has 0 aromatic heterocycles. The summed E-state index contributed by atoms with van der Waals surface area (Å²) < 4.78 is 5.80. The minimum atomic E-state index is -0.512. The Labute approximate surface area is 107 Å². The highest BCUT2D eigenvalue weighted by molar-refractivity contribution is 5.77. The number of nitrogens with one attached hydrogen (secondary N) is 1. The van der Waals surface area contributed by atoms with Gasteiger partial charge in [-0.05, 0) is 44.5 Å². The van der Waals surface area contributed by atoms with Gasteiger partial charge in [0.05, 0.1) is 0 Å². The molecule has 18 heavy (non-hydrogen) atoms. The Balaban J connectivity index is 2.64. The SMILES string of the molecule is CC(CC(C)(C)Oc1ccc(N)cc1)C(=O)NO. The van der Waals surface area contributed by atoms with Crippen molar-refractivity contribution in [3.05, 3.63) is 24.3 Å². The molecule has 100 valence electrons. The summed E-state index contributed by atoms with van der Waals surface area (Å²) in [5.74, 6) is -0.0476. The molecule has 0 aliphatic heterocycles. The summed E-state index contributed by atoms with van der Waals surface area (Å²) in [5, 5.41) is 8.57. The minimum Gasteiger partial charge on any atom is -0.488 e. The number of amides is 1. The van der Waals surface area contributed by atoms with Crippen LogP contribution in [0, 0.1) is 5.92 Å². The quantitative estimate of drug-likeness (QED) is 0.425. The number of hydrogen-bond acceptors (Lipinski definition) is 4. The molecule has 0 aliphatic carbocycles. The maximum atomic E-state index is 11.3. The average molecular weight is 252 g/mol. The lowest BCUT2D eigenvalue weighted by Gasteiger charge is -2.28. The van der Waals surface area contributed by atoms with Crippen LogP contribution in [0.25, 0.3) is 0 Å². The Morgan fingerprint density at radius 2 is 2.00 bits per heavy atom. The third kappa shape index (κ3) is 4.25. The molecule has 0 heterocycles. The van der Waals surface area contributed by atoms with Crippen molar-refractivity contribution in [2.45, 2.75) is 32.8 Å². The number of carbonyl (C=O) groups excluding carboxylic acids is 1. The van der Waals surface area contributed by atoms with Crippen LogP contribution in [0.1, 0.15) is 27.2 Å². The number of anilines is 1. The molecule has 1 amide bonds. The monoisotopic (exact) mass is 252 g/mol. The number of carbonyl (C=O) groups is 1. The van der Waals surface area contributed by atoms with E-state index in [-0.39, 0.29) is 5.92 Å². The van der Waals surface area contributed by atoms with E-state index in [0.29, 0.717) is 17.9 Å². The Bertz CT molecular complexity index is 401. The van der Waals surface area contributed by atoms with E-state index in [1.165, 1.54) is 0 Å². The molecule has 5 heteroatoms. The fourth-order valence-electron chi connectivity index (χ4n) is 1.84. The zero-order chi connectivity index (χ0) is 13.8. The maximum Gasteiger partial charge on any atom is 0.246 e. The van der Waals surface area contributed by atoms with E-state index in [1.54, 1.807) is 36.7 Å². The molecule has 5 nitrogen and oxygen atoms in total. The Hall–Kier alpha value is -1.75. The number of rotatable bonds is 5. The highest BCUT2D eigenvalue weighted by Gasteiger charge is 2.26. The number of nitrogens with two attached hydrogens (primary N) is 1. The van der Waals surface area contributed by atoms with E-state index >= 15 is 0 Å². The van der Waals surface area contributed by atoms with Crippen molar-refractivity contribution in [2.75, 3.05) is 5.73 Å². The molecule has 0 saturated heterocycles. The van der Waals surface area contributed by atoms with Crippen molar-refractivity contribution in [2.24, 2.45) is 5.92 Å². The van der Waals surface area contributed by atoms with Crippen molar-refractivity contribution in [3.63, 3.8) is 0 Å². The van der Waals surface area contributed by atoms with E-state index in [1.807, 2.05) is 13.8 Å². The first-order chi connectivity index (χ1) is 8.34. The average Bonchev–Trinajstić information content (AvgIpc) is 2.30. The molecule has 0 bridgehead atoms. The van der Waals surface area contributed by atoms with Crippen LogP contribution in [-0.4, -0.2) is 16.7 Å². The molecule has 1 aromatic rings. The third-order valence-corrected chi connectivity index (χ3v) is 2.63. The second-order valence-corrected chi connectivity index (χ2v) is 5.01. The van der Waals surface area contributed by atoms with Gasteiger partial charge in [0, 0.05) is 11.6 Å². The van der Waals surface area contributed by atoms with Crippen LogP contribution in [0.5, 0.6) is 5.75 Å². The Morgan fingerprint density at radius 3 is 2.50 bits per heavy atom. The smallest absolute Gasteiger partial charge is 0.246 e. The summed E-state index contributed by atoms with van der Waals surface area (Å²) in [4.78, 5) is 11.3. The standard InChI is InChI=1S/C13H20N2O3/c1-9(12(16)15-17)8-13(2,3)18-11-6-4-10(14)5-7-11/h4-7,9,17H,8,14H2,1-3H3,(H,15,16). The van der Waals surface area contributed by atoms with Crippen LogP contribution in [0.4, 0.5) is 5.69 Å². The molecule has 1 aromatic carbocycles. The normalized spacial score (nSPS) is 12.9. The largest absolute Gasteiger partial charge is 0.488 e. The highest BCUT2D eigenvalue weighted by Crippen LogP contribution is 2.25. The number of nitrogen functional groups attached to an aromatic ring is 1. The Morgan fingerprint density at radius 1 is 1.44 bits per heavy atom. The van der Waals surface area contributed by atoms with Gasteiger partial charge in [-0.15, -0.1) is 0 Å². The van der Waals surface area contributed by atoms with Crippen LogP contribution < -0.4 is 16.0 Å². The predicted molar refractivity (Wildman–Crippen MR) is 69.3 cm³/mol. The molecule has 4 N–H and O–H groups in total. The molecular weight excluding hydrogens is 232 g/mol. The van der Waals surface area contributed by atoms with Gasteiger partial charge in [-0.1, -0.05) is 6.92 Å². The van der Waals surface area contributed by atoms with Gasteiger partial charge < -0.3 is 10.5 Å². The first kappa shape index (κ1) is 14.3. The van der Waals surface area contributed by atoms with Gasteiger partial charge >= 0.3 is 0 Å². The maximum absolute atomic E-state index is 11.3. The van der Waals surface area contributed by atoms with Gasteiger partial charge in [0.1, 0.15) is 11.4 Å². The van der Waals surface area contributed by atoms with Gasteiger partial charge in [-0.2, -0.15) is 0 Å². The lowest BCUT2D eigenvalue weighted by atomic mass is 9.94. The van der Waals surface area contributed by atoms with E-state index in [9.17, 15) is 4.79 Å². The van der Waals surface area contributed by atoms with E-state index < -0.39 is 11.5 Å². The van der Waals surface area contributed by atoms with Crippen molar-refractivity contribution >= 4 is 11.6 Å². The van der Waals surface area contributed by atoms with Gasteiger partial charge in [-0.3, -0.25) is 10.0 Å². The number of ether oxygens (including phenoxy) is 1. The fraction of sp³-hybridized carbons (Fsp3) is 0.462. The van der Waals surface area contributed by atoms with Gasteiger partial charge in [0.15, 0.2) is 0 Å². The Kier molecular flexibility index (Phi) is 4.55. The van der Waals surface area contributed by atoms with Crippen LogP contribution in [0.3, 0.4) is 0 Å². The number of hydroxylamine groups is 1. The first-order valence-corrected chi connectivity index (χ1v) is 5.82. The van der Waals surface area contributed by atoms with Crippen molar-refractivity contribution in [1.29, 1.82) is 0 Å². The highest BCUT2D eigenvalue weighted by atomic mass is 16.5. The number of benzene rings is 1. The van der Waals surface area contributed by atoms with Gasteiger partial charge in [-0.25, -0.2) is 5.48 Å². The fourth-order valence-corrected chi connectivity index (χ4v) is 1.84. The molecule has 1 rings (SSSR count). The van der Waals surface area contributed by atoms with Crippen molar-refractivity contribution in [1.82, 2.24) is 5.48 Å². The summed E-state index contributed by atoms with van der Waals surface area (Å²) in [7, 11) is 0. The number of hydrogen-bond donors (Lipinski definition) is 3. The molecule has 1 unspecified atom stereocenters. The zero-order valence-corrected chi connectivity index (χ0v) is 10.9. The van der Waals surface area contributed by atoms with Crippen LogP contribution in [-0.2, 0) is 4.79 Å². The molecule has 0 spiro atoms. The lowest BCUT2D eigenvalue weighted by Crippen LogP contribution is -2.36. The summed E-state index contributed by atoms with van der Waals surface area (Å²) in [5.41, 5.74) is 7.40. The molecule has 1 atom stereocenters. The molecule has 0 radical (unpaired) electrons. The van der Waals surface area contributed by atoms with Crippen LogP contribution >= 0.6 is 0 Å². The first-order valence-electron chi connectivity index (χ1n) is 5.82. The summed E-state index contributed by atoms with van der Waals surface area (Å²) in [6.45, 7) is 5.52. The van der Waals surface area contributed by atoms with Gasteiger partial charge in [0.2, 0.25) is 5.91 Å². The van der Waals surface area contributed by atoms with Crippen molar-refractivity contribution in [3.8, 4) is 5.75 Å². The second kappa shape index (κ2) is 5.73. The lowest BCUT2D eigenvalue weighted by molar-refractivity contribution is -0.134. The summed E-state index contributed by atoms with van der Waals surface area (Å²) >= 11 is 0. The molecular formula is C13H20N2O3. The third-order valence-electron chi connectivity index (χ3n) is 2.63. The van der Waals surface area contributed by atoms with Crippen LogP contribution in [0.15, 0.2) is 24.3 Å². The zero-order valence-electron chi connectivity index (χ0n) is 10.9. The molecule has 0 aliphatic rings.